The average Bonchev–Trinajstić information content (AvgIpc) is 3.40. The van der Waals surface area contributed by atoms with Gasteiger partial charge in [-0.05, 0) is 37.1 Å². The van der Waals surface area contributed by atoms with Crippen LogP contribution in [0.2, 0.25) is 0 Å². The van der Waals surface area contributed by atoms with Crippen molar-refractivity contribution in [2.24, 2.45) is 5.92 Å². The molecule has 2 aliphatic rings. The second kappa shape index (κ2) is 7.84. The predicted octanol–water partition coefficient (Wildman–Crippen LogP) is 3.43. The van der Waals surface area contributed by atoms with Crippen molar-refractivity contribution in [3.63, 3.8) is 0 Å². The first-order chi connectivity index (χ1) is 13.1. The van der Waals surface area contributed by atoms with Crippen LogP contribution in [0.3, 0.4) is 0 Å². The Bertz CT molecular complexity index is 844. The summed E-state index contributed by atoms with van der Waals surface area (Å²) in [5.41, 5.74) is 1.68. The third-order valence-corrected chi connectivity index (χ3v) is 5.92. The van der Waals surface area contributed by atoms with E-state index in [1.807, 2.05) is 41.2 Å². The highest BCUT2D eigenvalue weighted by atomic mass is 79.9. The van der Waals surface area contributed by atoms with E-state index in [9.17, 15) is 9.59 Å². The number of amides is 2. The van der Waals surface area contributed by atoms with Gasteiger partial charge in [0.2, 0.25) is 11.8 Å². The normalized spacial score (nSPS) is 20.4. The summed E-state index contributed by atoms with van der Waals surface area (Å²) < 4.78 is 2.95. The van der Waals surface area contributed by atoms with Crippen LogP contribution in [0.4, 0.5) is 5.69 Å². The van der Waals surface area contributed by atoms with Gasteiger partial charge in [0.25, 0.3) is 0 Å². The zero-order valence-electron chi connectivity index (χ0n) is 15.1. The molecule has 1 atom stereocenters. The van der Waals surface area contributed by atoms with Crippen molar-refractivity contribution < 1.29 is 9.59 Å². The molecule has 0 radical (unpaired) electrons. The summed E-state index contributed by atoms with van der Waals surface area (Å²) >= 11 is 3.42. The molecule has 1 aromatic carbocycles. The van der Waals surface area contributed by atoms with E-state index in [1.165, 1.54) is 25.7 Å². The Hall–Kier alpha value is -2.15. The van der Waals surface area contributed by atoms with E-state index < -0.39 is 0 Å². The Morgan fingerprint density at radius 1 is 1.26 bits per heavy atom. The fraction of sp³-hybridized carbons (Fsp3) is 0.450. The van der Waals surface area contributed by atoms with Crippen molar-refractivity contribution in [1.29, 1.82) is 0 Å². The zero-order chi connectivity index (χ0) is 18.8. The minimum absolute atomic E-state index is 0.0150. The molecule has 1 saturated heterocycles. The van der Waals surface area contributed by atoms with Gasteiger partial charge in [-0.2, -0.15) is 5.10 Å². The first-order valence-corrected chi connectivity index (χ1v) is 10.3. The molecule has 0 spiro atoms. The topological polar surface area (TPSA) is 67.2 Å². The number of hydrogen-bond acceptors (Lipinski definition) is 3. The second-order valence-corrected chi connectivity index (χ2v) is 8.24. The number of rotatable bonds is 5. The van der Waals surface area contributed by atoms with Crippen molar-refractivity contribution in [3.8, 4) is 0 Å². The van der Waals surface area contributed by atoms with Crippen LogP contribution in [0, 0.1) is 5.92 Å². The number of carbonyl (C=O) groups is 2. The summed E-state index contributed by atoms with van der Waals surface area (Å²) in [6.07, 6.45) is 7.15. The van der Waals surface area contributed by atoms with Gasteiger partial charge in [-0.1, -0.05) is 34.8 Å². The van der Waals surface area contributed by atoms with Gasteiger partial charge in [-0.15, -0.1) is 0 Å². The number of aromatic nitrogens is 2. The third-order valence-electron chi connectivity index (χ3n) is 5.42. The summed E-state index contributed by atoms with van der Waals surface area (Å²) in [7, 11) is 0. The third kappa shape index (κ3) is 4.08. The Kier molecular flexibility index (Phi) is 5.29. The van der Waals surface area contributed by atoms with Crippen molar-refractivity contribution in [2.75, 3.05) is 11.4 Å². The zero-order valence-corrected chi connectivity index (χ0v) is 16.7. The maximum Gasteiger partial charge on any atom is 0.227 e. The molecule has 1 aliphatic carbocycles. The van der Waals surface area contributed by atoms with Crippen LogP contribution < -0.4 is 10.2 Å². The van der Waals surface area contributed by atoms with Crippen molar-refractivity contribution in [2.45, 2.75) is 44.7 Å². The molecule has 1 N–H and O–H groups in total. The van der Waals surface area contributed by atoms with E-state index in [4.69, 9.17) is 0 Å². The van der Waals surface area contributed by atoms with Crippen LogP contribution in [-0.2, 0) is 16.1 Å². The second-order valence-electron chi connectivity index (χ2n) is 7.33. The molecule has 6 nitrogen and oxygen atoms in total. The van der Waals surface area contributed by atoms with Gasteiger partial charge in [0.1, 0.15) is 0 Å². The molecular weight excluding hydrogens is 408 g/mol. The van der Waals surface area contributed by atoms with Crippen molar-refractivity contribution in [3.05, 3.63) is 46.7 Å². The van der Waals surface area contributed by atoms with Crippen molar-refractivity contribution in [1.82, 2.24) is 15.1 Å². The average molecular weight is 431 g/mol. The first-order valence-electron chi connectivity index (χ1n) is 9.48. The van der Waals surface area contributed by atoms with E-state index in [2.05, 4.69) is 26.3 Å². The Morgan fingerprint density at radius 2 is 2.07 bits per heavy atom. The highest BCUT2D eigenvalue weighted by Gasteiger charge is 2.35. The number of anilines is 1. The van der Waals surface area contributed by atoms with E-state index in [0.717, 1.165) is 15.9 Å². The molecule has 142 valence electrons. The molecule has 0 bridgehead atoms. The number of halogens is 1. The fourth-order valence-corrected chi connectivity index (χ4v) is 4.33. The molecule has 7 heteroatoms. The van der Waals surface area contributed by atoms with Crippen LogP contribution in [0.25, 0.3) is 0 Å². The molecule has 1 unspecified atom stereocenters. The summed E-state index contributed by atoms with van der Waals surface area (Å²) in [4.78, 5) is 26.6. The maximum absolute atomic E-state index is 12.5. The molecule has 1 aliphatic heterocycles. The quantitative estimate of drug-likeness (QED) is 0.789. The molecule has 2 amide bonds. The summed E-state index contributed by atoms with van der Waals surface area (Å²) in [6.45, 7) is 0.817. The molecule has 1 aromatic heterocycles. The van der Waals surface area contributed by atoms with Crippen LogP contribution in [0.1, 0.15) is 43.8 Å². The first kappa shape index (κ1) is 18.2. The summed E-state index contributed by atoms with van der Waals surface area (Å²) in [5, 5.41) is 7.54. The van der Waals surface area contributed by atoms with Gasteiger partial charge in [0, 0.05) is 29.3 Å². The number of benzene rings is 1. The smallest absolute Gasteiger partial charge is 0.227 e. The Labute approximate surface area is 167 Å². The van der Waals surface area contributed by atoms with E-state index in [0.29, 0.717) is 19.1 Å². The lowest BCUT2D eigenvalue weighted by molar-refractivity contribution is -0.126. The lowest BCUT2D eigenvalue weighted by atomic mass is 10.1. The molecule has 1 saturated carbocycles. The SMILES string of the molecule is O=C(NCc1ccn(C2CCCC2)n1)C1CC(=O)N(c2cccc(Br)c2)C1. The standard InChI is InChI=1S/C20H23BrN4O2/c21-15-4-3-7-18(11-15)24-13-14(10-19(24)26)20(27)22-12-16-8-9-25(23-16)17-5-1-2-6-17/h3-4,7-9,11,14,17H,1-2,5-6,10,12-13H2,(H,22,27). The minimum atomic E-state index is -0.326. The van der Waals surface area contributed by atoms with Gasteiger partial charge in [-0.3, -0.25) is 14.3 Å². The summed E-state index contributed by atoms with van der Waals surface area (Å²) in [5.74, 6) is -0.427. The monoisotopic (exact) mass is 430 g/mol. The highest BCUT2D eigenvalue weighted by molar-refractivity contribution is 9.10. The van der Waals surface area contributed by atoms with Crippen molar-refractivity contribution >= 4 is 33.4 Å². The number of nitrogens with zero attached hydrogens (tertiary/aromatic N) is 3. The highest BCUT2D eigenvalue weighted by Crippen LogP contribution is 2.29. The molecular formula is C20H23BrN4O2. The fourth-order valence-electron chi connectivity index (χ4n) is 3.94. The number of hydrogen-bond donors (Lipinski definition) is 1. The Balaban J connectivity index is 1.33. The van der Waals surface area contributed by atoms with Gasteiger partial charge in [0.15, 0.2) is 0 Å². The van der Waals surface area contributed by atoms with Gasteiger partial charge in [-0.25, -0.2) is 0 Å². The molecule has 4 rings (SSSR count). The molecule has 27 heavy (non-hydrogen) atoms. The Morgan fingerprint density at radius 3 is 2.85 bits per heavy atom. The van der Waals surface area contributed by atoms with Gasteiger partial charge < -0.3 is 10.2 Å². The molecule has 2 heterocycles. The predicted molar refractivity (Wildman–Crippen MR) is 106 cm³/mol. The minimum Gasteiger partial charge on any atom is -0.350 e. The maximum atomic E-state index is 12.5. The van der Waals surface area contributed by atoms with Gasteiger partial charge in [0.05, 0.1) is 24.2 Å². The van der Waals surface area contributed by atoms with Crippen LogP contribution in [0.5, 0.6) is 0 Å². The van der Waals surface area contributed by atoms with Crippen LogP contribution in [-0.4, -0.2) is 28.1 Å². The number of carbonyl (C=O) groups excluding carboxylic acids is 2. The lowest BCUT2D eigenvalue weighted by Crippen LogP contribution is -2.32. The number of nitrogens with one attached hydrogen (secondary N) is 1. The van der Waals surface area contributed by atoms with Gasteiger partial charge >= 0.3 is 0 Å². The van der Waals surface area contributed by atoms with Crippen LogP contribution in [0.15, 0.2) is 41.0 Å². The largest absolute Gasteiger partial charge is 0.350 e. The summed E-state index contributed by atoms with van der Waals surface area (Å²) in [6, 6.07) is 10.1. The van der Waals surface area contributed by atoms with E-state index in [-0.39, 0.29) is 24.2 Å². The molecule has 2 aromatic rings. The lowest BCUT2D eigenvalue weighted by Gasteiger charge is -2.17. The van der Waals surface area contributed by atoms with Crippen LogP contribution >= 0.6 is 15.9 Å². The molecule has 2 fully saturated rings. The van der Waals surface area contributed by atoms with E-state index >= 15 is 0 Å². The van der Waals surface area contributed by atoms with E-state index in [1.54, 1.807) is 4.90 Å².